The minimum Gasteiger partial charge on any atom is -0.394 e. The highest BCUT2D eigenvalue weighted by Gasteiger charge is 2.57. The summed E-state index contributed by atoms with van der Waals surface area (Å²) in [5, 5.41) is 37.5. The average Bonchev–Trinajstić information content (AvgIpc) is 3.35. The van der Waals surface area contributed by atoms with E-state index >= 15 is 0 Å². The van der Waals surface area contributed by atoms with Crippen molar-refractivity contribution >= 4 is 17.5 Å². The van der Waals surface area contributed by atoms with Crippen molar-refractivity contribution in [3.05, 3.63) is 63.7 Å². The molecule has 3 aliphatic carbocycles. The smallest absolute Gasteiger partial charge is 0.282 e. The van der Waals surface area contributed by atoms with Crippen molar-refractivity contribution in [2.24, 2.45) is 29.1 Å². The van der Waals surface area contributed by atoms with E-state index in [9.17, 15) is 29.9 Å². The Morgan fingerprint density at radius 3 is 2.48 bits per heavy atom. The number of nitro benzene ring substituents is 1. The van der Waals surface area contributed by atoms with E-state index in [1.54, 1.807) is 32.1 Å². The van der Waals surface area contributed by atoms with Crippen LogP contribution in [0.1, 0.15) is 56.5 Å². The first-order chi connectivity index (χ1) is 20.7. The van der Waals surface area contributed by atoms with E-state index in [4.69, 9.17) is 4.84 Å². The number of hydrogen-bond acceptors (Lipinski definition) is 8. The summed E-state index contributed by atoms with van der Waals surface area (Å²) in [4.78, 5) is 45.1. The lowest BCUT2D eigenvalue weighted by atomic mass is 9.45. The summed E-state index contributed by atoms with van der Waals surface area (Å²) in [7, 11) is 3.08. The van der Waals surface area contributed by atoms with Crippen LogP contribution in [0.4, 0.5) is 5.69 Å². The molecular formula is C33H44N4O7. The first-order valence-corrected chi connectivity index (χ1v) is 15.4. The zero-order valence-corrected chi connectivity index (χ0v) is 26.3. The van der Waals surface area contributed by atoms with Crippen molar-refractivity contribution in [1.82, 2.24) is 15.3 Å². The third-order valence-corrected chi connectivity index (χ3v) is 10.5. The van der Waals surface area contributed by atoms with Gasteiger partial charge in [0.1, 0.15) is 17.7 Å². The van der Waals surface area contributed by atoms with Crippen LogP contribution in [0.5, 0.6) is 0 Å². The SMILES string of the molecule is C[C@@H]1[C@@H](NC(=O)[C@@H]2[C@H]([C@H](C)O)[C@H](CO)ON2Cc2cccc(-c3ccc(C(=O)N(C)C)c([N+](=O)[O-])c3)c2)C[C@H]2C[C@@H]1C2(C)C. The maximum absolute atomic E-state index is 13.9. The van der Waals surface area contributed by atoms with Crippen LogP contribution in [0.15, 0.2) is 42.5 Å². The Bertz CT molecular complexity index is 1430. The van der Waals surface area contributed by atoms with Crippen LogP contribution in [0.2, 0.25) is 0 Å². The summed E-state index contributed by atoms with van der Waals surface area (Å²) in [6, 6.07) is 11.1. The number of amides is 2. The van der Waals surface area contributed by atoms with Gasteiger partial charge in [-0.25, -0.2) is 0 Å². The van der Waals surface area contributed by atoms with Crippen LogP contribution in [-0.4, -0.2) is 81.9 Å². The second-order valence-electron chi connectivity index (χ2n) is 13.6. The quantitative estimate of drug-likeness (QED) is 0.289. The van der Waals surface area contributed by atoms with Gasteiger partial charge in [0.25, 0.3) is 11.6 Å². The van der Waals surface area contributed by atoms with Crippen LogP contribution in [0.25, 0.3) is 11.1 Å². The number of rotatable bonds is 9. The highest BCUT2D eigenvalue weighted by molar-refractivity contribution is 5.98. The van der Waals surface area contributed by atoms with Crippen molar-refractivity contribution < 1.29 is 29.6 Å². The molecule has 1 aliphatic heterocycles. The lowest BCUT2D eigenvalue weighted by molar-refractivity contribution is -0.385. The summed E-state index contributed by atoms with van der Waals surface area (Å²) in [6.45, 7) is 8.27. The van der Waals surface area contributed by atoms with E-state index < -0.39 is 35.0 Å². The molecule has 11 nitrogen and oxygen atoms in total. The monoisotopic (exact) mass is 608 g/mol. The first kappa shape index (κ1) is 32.0. The zero-order valence-electron chi connectivity index (χ0n) is 26.3. The Morgan fingerprint density at radius 2 is 1.89 bits per heavy atom. The van der Waals surface area contributed by atoms with Crippen molar-refractivity contribution in [2.75, 3.05) is 20.7 Å². The van der Waals surface area contributed by atoms with Crippen molar-refractivity contribution in [3.8, 4) is 11.1 Å². The molecule has 6 rings (SSSR count). The molecule has 4 fully saturated rings. The molecule has 3 N–H and O–H groups in total. The van der Waals surface area contributed by atoms with Crippen LogP contribution < -0.4 is 5.32 Å². The number of hydrogen-bond donors (Lipinski definition) is 3. The Morgan fingerprint density at radius 1 is 1.18 bits per heavy atom. The van der Waals surface area contributed by atoms with E-state index in [-0.39, 0.29) is 41.8 Å². The maximum atomic E-state index is 13.9. The minimum absolute atomic E-state index is 0.00610. The minimum atomic E-state index is -0.903. The van der Waals surface area contributed by atoms with Gasteiger partial charge in [-0.3, -0.25) is 24.5 Å². The predicted molar refractivity (Wildman–Crippen MR) is 164 cm³/mol. The summed E-state index contributed by atoms with van der Waals surface area (Å²) < 4.78 is 0. The summed E-state index contributed by atoms with van der Waals surface area (Å²) in [5.74, 6) is 0.119. The Balaban J connectivity index is 1.39. The number of benzene rings is 2. The van der Waals surface area contributed by atoms with Crippen molar-refractivity contribution in [2.45, 2.75) is 71.4 Å². The van der Waals surface area contributed by atoms with E-state index in [1.165, 1.54) is 23.5 Å². The highest BCUT2D eigenvalue weighted by atomic mass is 16.7. The lowest BCUT2D eigenvalue weighted by Gasteiger charge is -2.62. The topological polar surface area (TPSA) is 145 Å². The fourth-order valence-electron chi connectivity index (χ4n) is 7.80. The molecule has 0 aromatic heterocycles. The number of nitrogens with one attached hydrogen (secondary N) is 1. The van der Waals surface area contributed by atoms with Gasteiger partial charge in [0.05, 0.1) is 24.2 Å². The summed E-state index contributed by atoms with van der Waals surface area (Å²) >= 11 is 0. The number of hydroxylamine groups is 2. The van der Waals surface area contributed by atoms with E-state index in [1.807, 2.05) is 24.3 Å². The zero-order chi connectivity index (χ0) is 32.1. The molecule has 4 aliphatic rings. The first-order valence-electron chi connectivity index (χ1n) is 15.4. The molecule has 2 aromatic rings. The molecule has 44 heavy (non-hydrogen) atoms. The molecule has 11 heteroatoms. The van der Waals surface area contributed by atoms with Gasteiger partial charge in [0.15, 0.2) is 0 Å². The standard InChI is InChI=1S/C33H44N4O7/c1-18-25-14-23(33(25,3)4)15-26(18)34-31(40)30-29(19(2)39)28(17-38)44-36(30)16-20-8-7-9-21(12-20)22-10-11-24(32(41)35(5)6)27(13-22)37(42)43/h7-13,18-19,23,25-26,28-30,38-39H,14-17H2,1-6H3,(H,34,40)/t18-,19-,23+,25-,26-,28-,29+,30-/m0/s1. The molecule has 1 saturated heterocycles. The van der Waals surface area contributed by atoms with Crippen molar-refractivity contribution in [3.63, 3.8) is 0 Å². The maximum Gasteiger partial charge on any atom is 0.282 e. The summed E-state index contributed by atoms with van der Waals surface area (Å²) in [6.07, 6.45) is 0.449. The third kappa shape index (κ3) is 5.74. The van der Waals surface area contributed by atoms with Gasteiger partial charge < -0.3 is 20.4 Å². The van der Waals surface area contributed by atoms with Crippen LogP contribution in [-0.2, 0) is 16.2 Å². The molecule has 0 unspecified atom stereocenters. The summed E-state index contributed by atoms with van der Waals surface area (Å²) in [5.41, 5.74) is 2.03. The van der Waals surface area contributed by atoms with E-state index in [2.05, 4.69) is 26.1 Å². The molecule has 1 heterocycles. The van der Waals surface area contributed by atoms with Crippen molar-refractivity contribution in [1.29, 1.82) is 0 Å². The van der Waals surface area contributed by atoms with Gasteiger partial charge in [0.2, 0.25) is 5.91 Å². The number of fused-ring (bicyclic) bond motifs is 2. The normalized spacial score (nSPS) is 29.9. The van der Waals surface area contributed by atoms with Gasteiger partial charge in [-0.15, -0.1) is 0 Å². The number of aliphatic hydroxyl groups excluding tert-OH is 2. The van der Waals surface area contributed by atoms with Crippen LogP contribution in [0.3, 0.4) is 0 Å². The molecule has 2 aromatic carbocycles. The third-order valence-electron chi connectivity index (χ3n) is 10.5. The second-order valence-corrected chi connectivity index (χ2v) is 13.6. The van der Waals surface area contributed by atoms with Gasteiger partial charge in [-0.05, 0) is 71.8 Å². The Kier molecular flexibility index (Phi) is 8.87. The second kappa shape index (κ2) is 12.2. The number of carbonyl (C=O) groups is 2. The average molecular weight is 609 g/mol. The van der Waals surface area contributed by atoms with Gasteiger partial charge in [0, 0.05) is 32.1 Å². The lowest BCUT2D eigenvalue weighted by Crippen LogP contribution is -2.62. The van der Waals surface area contributed by atoms with Crippen LogP contribution >= 0.6 is 0 Å². The molecular weight excluding hydrogens is 564 g/mol. The molecule has 8 atom stereocenters. The molecule has 0 radical (unpaired) electrons. The molecule has 0 spiro atoms. The van der Waals surface area contributed by atoms with E-state index in [0.29, 0.717) is 28.9 Å². The fourth-order valence-corrected chi connectivity index (χ4v) is 7.80. The van der Waals surface area contributed by atoms with Crippen LogP contribution in [0, 0.1) is 39.2 Å². The number of nitrogens with zero attached hydrogens (tertiary/aromatic N) is 3. The fraction of sp³-hybridized carbons (Fsp3) is 0.576. The highest BCUT2D eigenvalue weighted by Crippen LogP contribution is 2.61. The number of carbonyl (C=O) groups excluding carboxylic acids is 2. The number of nitro groups is 1. The predicted octanol–water partition coefficient (Wildman–Crippen LogP) is 3.62. The molecule has 3 saturated carbocycles. The molecule has 238 valence electrons. The molecule has 2 amide bonds. The Hall–Kier alpha value is -3.38. The molecule has 2 bridgehead atoms. The largest absolute Gasteiger partial charge is 0.394 e. The number of aliphatic hydroxyl groups is 2. The van der Waals surface area contributed by atoms with Gasteiger partial charge in [-0.2, -0.15) is 5.06 Å². The van der Waals surface area contributed by atoms with Gasteiger partial charge in [-0.1, -0.05) is 45.0 Å². The van der Waals surface area contributed by atoms with Gasteiger partial charge >= 0.3 is 0 Å². The van der Waals surface area contributed by atoms with E-state index in [0.717, 1.165) is 12.0 Å². The Labute approximate surface area is 258 Å².